The number of hydrogen-bond acceptors (Lipinski definition) is 3. The monoisotopic (exact) mass is 287 g/mol. The first-order valence-electron chi connectivity index (χ1n) is 7.16. The molecule has 1 aromatic carbocycles. The fourth-order valence-electron chi connectivity index (χ4n) is 2.65. The highest BCUT2D eigenvalue weighted by atomic mass is 16.2. The first-order chi connectivity index (χ1) is 10.1. The van der Waals surface area contributed by atoms with Crippen LogP contribution in [-0.2, 0) is 17.9 Å². The highest BCUT2D eigenvalue weighted by molar-refractivity contribution is 6.01. The summed E-state index contributed by atoms with van der Waals surface area (Å²) in [5, 5.41) is 2.59. The molecule has 112 valence electrons. The molecule has 0 bridgehead atoms. The summed E-state index contributed by atoms with van der Waals surface area (Å²) in [6.45, 7) is 6.36. The Morgan fingerprint density at radius 3 is 2.95 bits per heavy atom. The largest absolute Gasteiger partial charge is 0.331 e. The van der Waals surface area contributed by atoms with Gasteiger partial charge >= 0.3 is 0 Å². The lowest BCUT2D eigenvalue weighted by Crippen LogP contribution is -2.45. The maximum Gasteiger partial charge on any atom is 0.255 e. The number of benzene rings is 1. The van der Waals surface area contributed by atoms with Crippen LogP contribution in [0.3, 0.4) is 0 Å². The van der Waals surface area contributed by atoms with Crippen molar-refractivity contribution in [3.05, 3.63) is 47.7 Å². The van der Waals surface area contributed by atoms with Gasteiger partial charge in [-0.2, -0.15) is 0 Å². The Hall–Kier alpha value is -2.14. The molecular formula is C16H21N3O2. The van der Waals surface area contributed by atoms with Crippen LogP contribution < -0.4 is 11.1 Å². The summed E-state index contributed by atoms with van der Waals surface area (Å²) in [4.78, 5) is 26.3. The van der Waals surface area contributed by atoms with Crippen molar-refractivity contribution in [3.8, 4) is 0 Å². The lowest BCUT2D eigenvalue weighted by atomic mass is 10.1. The van der Waals surface area contributed by atoms with Crippen LogP contribution in [-0.4, -0.2) is 22.8 Å². The van der Waals surface area contributed by atoms with E-state index in [2.05, 4.69) is 11.9 Å². The number of rotatable bonds is 6. The number of amides is 2. The number of hydrogen-bond donors (Lipinski definition) is 2. The number of fused-ring (bicyclic) bond motifs is 1. The average Bonchev–Trinajstić information content (AvgIpc) is 2.81. The molecule has 0 saturated heterocycles. The minimum absolute atomic E-state index is 0.0991. The molecule has 1 atom stereocenters. The van der Waals surface area contributed by atoms with Gasteiger partial charge in [-0.15, -0.1) is 0 Å². The molecule has 0 fully saturated rings. The van der Waals surface area contributed by atoms with Crippen LogP contribution in [0.2, 0.25) is 0 Å². The van der Waals surface area contributed by atoms with Crippen LogP contribution in [0.25, 0.3) is 0 Å². The molecule has 1 aliphatic rings. The number of nitrogens with zero attached hydrogens (tertiary/aromatic N) is 1. The van der Waals surface area contributed by atoms with Gasteiger partial charge in [0.15, 0.2) is 0 Å². The van der Waals surface area contributed by atoms with E-state index < -0.39 is 6.04 Å². The van der Waals surface area contributed by atoms with Gasteiger partial charge in [-0.05, 0) is 29.8 Å². The average molecular weight is 287 g/mol. The second-order valence-corrected chi connectivity index (χ2v) is 5.15. The Balaban J connectivity index is 2.27. The molecule has 2 amide bonds. The van der Waals surface area contributed by atoms with Crippen LogP contribution in [0, 0.1) is 0 Å². The third-order valence-corrected chi connectivity index (χ3v) is 3.73. The molecule has 0 saturated carbocycles. The Morgan fingerprint density at radius 1 is 1.57 bits per heavy atom. The maximum atomic E-state index is 12.6. The van der Waals surface area contributed by atoms with Crippen molar-refractivity contribution in [1.82, 2.24) is 10.2 Å². The van der Waals surface area contributed by atoms with Gasteiger partial charge in [0.25, 0.3) is 5.91 Å². The van der Waals surface area contributed by atoms with Gasteiger partial charge in [0, 0.05) is 18.7 Å². The molecule has 0 radical (unpaired) electrons. The smallest absolute Gasteiger partial charge is 0.255 e. The summed E-state index contributed by atoms with van der Waals surface area (Å²) in [5.41, 5.74) is 8.15. The Morgan fingerprint density at radius 2 is 2.33 bits per heavy atom. The van der Waals surface area contributed by atoms with E-state index in [1.54, 1.807) is 4.90 Å². The molecule has 1 heterocycles. The van der Waals surface area contributed by atoms with Gasteiger partial charge in [0.1, 0.15) is 6.04 Å². The topological polar surface area (TPSA) is 75.4 Å². The molecule has 3 N–H and O–H groups in total. The molecule has 1 aliphatic heterocycles. The van der Waals surface area contributed by atoms with E-state index in [1.807, 2.05) is 25.1 Å². The van der Waals surface area contributed by atoms with Crippen molar-refractivity contribution in [2.75, 3.05) is 0 Å². The van der Waals surface area contributed by atoms with E-state index in [-0.39, 0.29) is 11.8 Å². The lowest BCUT2D eigenvalue weighted by molar-refractivity contribution is -0.125. The fraction of sp³-hybridized carbons (Fsp3) is 0.375. The quantitative estimate of drug-likeness (QED) is 0.833. The zero-order valence-electron chi connectivity index (χ0n) is 12.3. The van der Waals surface area contributed by atoms with Gasteiger partial charge in [-0.1, -0.05) is 32.1 Å². The fourth-order valence-corrected chi connectivity index (χ4v) is 2.65. The summed E-state index contributed by atoms with van der Waals surface area (Å²) < 4.78 is 0. The predicted octanol–water partition coefficient (Wildman–Crippen LogP) is 1.53. The van der Waals surface area contributed by atoms with Crippen LogP contribution in [0.1, 0.15) is 41.3 Å². The second-order valence-electron chi connectivity index (χ2n) is 5.15. The first-order valence-corrected chi connectivity index (χ1v) is 7.16. The maximum absolute atomic E-state index is 12.6. The minimum atomic E-state index is -0.464. The first kappa shape index (κ1) is 15.3. The number of nitrogens with one attached hydrogen (secondary N) is 1. The van der Waals surface area contributed by atoms with Crippen LogP contribution in [0.4, 0.5) is 0 Å². The summed E-state index contributed by atoms with van der Waals surface area (Å²) in [6.07, 6.45) is 2.80. The third-order valence-electron chi connectivity index (χ3n) is 3.73. The highest BCUT2D eigenvalue weighted by Gasteiger charge is 2.35. The standard InChI is InChI=1S/C16H21N3O2/c1-3-5-14(15(20)18-4-2)19-10-12-7-6-11(9-17)8-13(12)16(19)21/h4,6-8,14H,2-3,5,9-10,17H2,1H3,(H,18,20). The summed E-state index contributed by atoms with van der Waals surface area (Å²) in [6, 6.07) is 5.21. The van der Waals surface area contributed by atoms with E-state index in [1.165, 1.54) is 6.20 Å². The van der Waals surface area contributed by atoms with Crippen molar-refractivity contribution >= 4 is 11.8 Å². The molecule has 1 unspecified atom stereocenters. The van der Waals surface area contributed by atoms with Crippen molar-refractivity contribution < 1.29 is 9.59 Å². The van der Waals surface area contributed by atoms with Gasteiger partial charge in [0.05, 0.1) is 0 Å². The van der Waals surface area contributed by atoms with Crippen molar-refractivity contribution in [1.29, 1.82) is 0 Å². The molecule has 1 aromatic rings. The molecule has 0 aliphatic carbocycles. The van der Waals surface area contributed by atoms with E-state index in [0.717, 1.165) is 17.5 Å². The molecule has 21 heavy (non-hydrogen) atoms. The molecular weight excluding hydrogens is 266 g/mol. The van der Waals surface area contributed by atoms with Gasteiger partial charge in [-0.25, -0.2) is 0 Å². The van der Waals surface area contributed by atoms with Crippen molar-refractivity contribution in [2.24, 2.45) is 5.73 Å². The molecule has 5 heteroatoms. The molecule has 0 aromatic heterocycles. The summed E-state index contributed by atoms with van der Waals surface area (Å²) in [7, 11) is 0. The Bertz CT molecular complexity index is 569. The van der Waals surface area contributed by atoms with Gasteiger partial charge in [0.2, 0.25) is 5.91 Å². The van der Waals surface area contributed by atoms with E-state index in [4.69, 9.17) is 5.73 Å². The number of carbonyl (C=O) groups is 2. The van der Waals surface area contributed by atoms with E-state index in [9.17, 15) is 9.59 Å². The van der Waals surface area contributed by atoms with E-state index >= 15 is 0 Å². The zero-order chi connectivity index (χ0) is 15.4. The summed E-state index contributed by atoms with van der Waals surface area (Å²) >= 11 is 0. The minimum Gasteiger partial charge on any atom is -0.331 e. The SMILES string of the molecule is C=CNC(=O)C(CCC)N1Cc2ccc(CN)cc2C1=O. The number of carbonyl (C=O) groups excluding carboxylic acids is 2. The molecule has 0 spiro atoms. The van der Waals surface area contributed by atoms with Crippen molar-refractivity contribution in [3.63, 3.8) is 0 Å². The third kappa shape index (κ3) is 2.97. The van der Waals surface area contributed by atoms with Gasteiger partial charge < -0.3 is 16.0 Å². The number of nitrogens with two attached hydrogens (primary N) is 1. The summed E-state index contributed by atoms with van der Waals surface area (Å²) in [5.74, 6) is -0.287. The van der Waals surface area contributed by atoms with Crippen LogP contribution in [0.15, 0.2) is 31.0 Å². The van der Waals surface area contributed by atoms with Crippen LogP contribution in [0.5, 0.6) is 0 Å². The predicted molar refractivity (Wildman–Crippen MR) is 81.2 cm³/mol. The zero-order valence-corrected chi connectivity index (χ0v) is 12.3. The van der Waals surface area contributed by atoms with Crippen LogP contribution >= 0.6 is 0 Å². The van der Waals surface area contributed by atoms with E-state index in [0.29, 0.717) is 25.1 Å². The molecule has 5 nitrogen and oxygen atoms in total. The Kier molecular flexibility index (Phi) is 4.75. The van der Waals surface area contributed by atoms with Gasteiger partial charge in [-0.3, -0.25) is 9.59 Å². The normalized spacial score (nSPS) is 14.8. The molecule has 2 rings (SSSR count). The lowest BCUT2D eigenvalue weighted by Gasteiger charge is -2.26. The highest BCUT2D eigenvalue weighted by Crippen LogP contribution is 2.27. The van der Waals surface area contributed by atoms with Crippen molar-refractivity contribution in [2.45, 2.75) is 38.9 Å². The second kappa shape index (κ2) is 6.54. The Labute approximate surface area is 124 Å².